The fraction of sp³-hybridized carbons (Fsp3) is 0.179. The molecule has 5 heteroatoms. The fourth-order valence-corrected chi connectivity index (χ4v) is 3.62. The van der Waals surface area contributed by atoms with Crippen molar-refractivity contribution < 1.29 is 18.7 Å². The normalized spacial score (nSPS) is 11.4. The van der Waals surface area contributed by atoms with E-state index in [1.165, 1.54) is 0 Å². The molecule has 4 aromatic rings. The number of methoxy groups -OCH3 is 1. The van der Waals surface area contributed by atoms with Crippen LogP contribution in [0.2, 0.25) is 0 Å². The molecule has 0 saturated carbocycles. The molecule has 1 N–H and O–H groups in total. The molecule has 0 bridgehead atoms. The van der Waals surface area contributed by atoms with E-state index in [0.29, 0.717) is 18.9 Å². The van der Waals surface area contributed by atoms with Crippen LogP contribution in [0.4, 0.5) is 0 Å². The van der Waals surface area contributed by atoms with Gasteiger partial charge in [0.05, 0.1) is 13.4 Å². The summed E-state index contributed by atoms with van der Waals surface area (Å²) in [5.74, 6) is 1.30. The van der Waals surface area contributed by atoms with E-state index >= 15 is 0 Å². The number of aryl methyl sites for hydroxylation is 1. The maximum absolute atomic E-state index is 12.5. The van der Waals surface area contributed by atoms with Crippen molar-refractivity contribution in [3.63, 3.8) is 0 Å². The van der Waals surface area contributed by atoms with Crippen LogP contribution in [0.15, 0.2) is 83.5 Å². The third kappa shape index (κ3) is 5.44. The van der Waals surface area contributed by atoms with Crippen LogP contribution in [-0.2, 0) is 17.9 Å². The summed E-state index contributed by atoms with van der Waals surface area (Å²) in [6.45, 7) is 4.84. The first kappa shape index (κ1) is 22.2. The summed E-state index contributed by atoms with van der Waals surface area (Å²) in [5.41, 5.74) is 5.61. The smallest absolute Gasteiger partial charge is 0.244 e. The number of rotatable bonds is 8. The predicted octanol–water partition coefficient (Wildman–Crippen LogP) is 6.05. The van der Waals surface area contributed by atoms with Gasteiger partial charge in [0, 0.05) is 29.6 Å². The zero-order valence-corrected chi connectivity index (χ0v) is 19.1. The lowest BCUT2D eigenvalue weighted by atomic mass is 10.0. The minimum Gasteiger partial charge on any atom is -0.496 e. The van der Waals surface area contributed by atoms with Crippen LogP contribution in [0.5, 0.6) is 11.5 Å². The van der Waals surface area contributed by atoms with Crippen LogP contribution in [0.1, 0.15) is 29.2 Å². The highest BCUT2D eigenvalue weighted by Crippen LogP contribution is 2.33. The number of furan rings is 1. The summed E-state index contributed by atoms with van der Waals surface area (Å²) in [7, 11) is 1.61. The van der Waals surface area contributed by atoms with Crippen LogP contribution in [0.25, 0.3) is 16.5 Å². The molecular formula is C28H27NO4. The quantitative estimate of drug-likeness (QED) is 0.338. The Morgan fingerprint density at radius 2 is 1.79 bits per heavy atom. The highest BCUT2D eigenvalue weighted by Gasteiger charge is 2.12. The van der Waals surface area contributed by atoms with Crippen LogP contribution in [-0.4, -0.2) is 13.0 Å². The van der Waals surface area contributed by atoms with E-state index in [4.69, 9.17) is 13.9 Å². The molecule has 3 aromatic carbocycles. The Bertz CT molecular complexity index is 1270. The summed E-state index contributed by atoms with van der Waals surface area (Å²) in [5, 5.41) is 3.95. The van der Waals surface area contributed by atoms with E-state index in [9.17, 15) is 4.79 Å². The van der Waals surface area contributed by atoms with Crippen molar-refractivity contribution in [1.29, 1.82) is 0 Å². The van der Waals surface area contributed by atoms with Crippen molar-refractivity contribution in [3.8, 4) is 11.5 Å². The molecule has 0 aliphatic carbocycles. The molecule has 4 rings (SSSR count). The number of hydrogen-bond acceptors (Lipinski definition) is 4. The van der Waals surface area contributed by atoms with Gasteiger partial charge in [-0.05, 0) is 54.3 Å². The van der Waals surface area contributed by atoms with Crippen LogP contribution in [0.3, 0.4) is 0 Å². The number of benzene rings is 3. The largest absolute Gasteiger partial charge is 0.496 e. The van der Waals surface area contributed by atoms with E-state index < -0.39 is 0 Å². The van der Waals surface area contributed by atoms with E-state index in [-0.39, 0.29) is 5.91 Å². The second-order valence-electron chi connectivity index (χ2n) is 7.93. The van der Waals surface area contributed by atoms with Gasteiger partial charge in [0.1, 0.15) is 23.7 Å². The molecule has 0 aliphatic rings. The van der Waals surface area contributed by atoms with Gasteiger partial charge in [-0.3, -0.25) is 4.79 Å². The molecule has 168 valence electrons. The van der Waals surface area contributed by atoms with E-state index in [2.05, 4.69) is 5.32 Å². The average molecular weight is 442 g/mol. The third-order valence-corrected chi connectivity index (χ3v) is 5.50. The SMILES string of the molecule is COc1cc2occ(C)c2cc1/C(C)=C/C(=O)NCc1ccc(OCc2ccccc2)cc1. The van der Waals surface area contributed by atoms with Crippen molar-refractivity contribution in [3.05, 3.63) is 101 Å². The molecule has 0 aliphatic heterocycles. The minimum absolute atomic E-state index is 0.164. The minimum atomic E-state index is -0.164. The monoisotopic (exact) mass is 441 g/mol. The van der Waals surface area contributed by atoms with Gasteiger partial charge in [0.15, 0.2) is 0 Å². The number of ether oxygens (including phenoxy) is 2. The van der Waals surface area contributed by atoms with Gasteiger partial charge in [-0.25, -0.2) is 0 Å². The van der Waals surface area contributed by atoms with Crippen molar-refractivity contribution in [2.24, 2.45) is 0 Å². The summed E-state index contributed by atoms with van der Waals surface area (Å²) >= 11 is 0. The standard InChI is InChI=1S/C28H27NO4/c1-19(24-14-25-20(2)17-33-27(25)15-26(24)31-3)13-28(30)29-16-21-9-11-23(12-10-21)32-18-22-7-5-4-6-8-22/h4-15,17H,16,18H2,1-3H3,(H,29,30)/b19-13+. The highest BCUT2D eigenvalue weighted by molar-refractivity contribution is 5.97. The Kier molecular flexibility index (Phi) is 6.79. The second kappa shape index (κ2) is 10.1. The molecular weight excluding hydrogens is 414 g/mol. The third-order valence-electron chi connectivity index (χ3n) is 5.50. The molecule has 0 saturated heterocycles. The number of carbonyl (C=O) groups excluding carboxylic acids is 1. The molecule has 1 amide bonds. The molecule has 33 heavy (non-hydrogen) atoms. The Hall–Kier alpha value is -3.99. The Morgan fingerprint density at radius 1 is 1.03 bits per heavy atom. The maximum Gasteiger partial charge on any atom is 0.244 e. The molecule has 1 aromatic heterocycles. The van der Waals surface area contributed by atoms with Gasteiger partial charge in [0.2, 0.25) is 5.91 Å². The Labute approximate surface area is 193 Å². The Morgan fingerprint density at radius 3 is 2.52 bits per heavy atom. The van der Waals surface area contributed by atoms with Crippen LogP contribution in [0, 0.1) is 6.92 Å². The van der Waals surface area contributed by atoms with E-state index in [1.54, 1.807) is 19.4 Å². The van der Waals surface area contributed by atoms with Gasteiger partial charge in [-0.1, -0.05) is 42.5 Å². The number of allylic oxidation sites excluding steroid dienone is 1. The lowest BCUT2D eigenvalue weighted by Gasteiger charge is -2.10. The summed E-state index contributed by atoms with van der Waals surface area (Å²) in [6.07, 6.45) is 3.31. The molecule has 0 atom stereocenters. The lowest BCUT2D eigenvalue weighted by molar-refractivity contribution is -0.116. The number of nitrogens with one attached hydrogen (secondary N) is 1. The highest BCUT2D eigenvalue weighted by atomic mass is 16.5. The molecule has 5 nitrogen and oxygen atoms in total. The number of carbonyl (C=O) groups is 1. The maximum atomic E-state index is 12.5. The topological polar surface area (TPSA) is 60.7 Å². The van der Waals surface area contributed by atoms with Crippen LogP contribution >= 0.6 is 0 Å². The first-order valence-electron chi connectivity index (χ1n) is 10.8. The summed E-state index contributed by atoms with van der Waals surface area (Å²) in [4.78, 5) is 12.5. The molecule has 0 fully saturated rings. The Balaban J connectivity index is 1.36. The van der Waals surface area contributed by atoms with E-state index in [1.807, 2.05) is 80.6 Å². The van der Waals surface area contributed by atoms with Gasteiger partial charge < -0.3 is 19.2 Å². The average Bonchev–Trinajstić information content (AvgIpc) is 3.21. The molecule has 0 spiro atoms. The second-order valence-corrected chi connectivity index (χ2v) is 7.93. The van der Waals surface area contributed by atoms with Crippen molar-refractivity contribution >= 4 is 22.4 Å². The van der Waals surface area contributed by atoms with Gasteiger partial charge in [-0.15, -0.1) is 0 Å². The first-order chi connectivity index (χ1) is 16.0. The number of hydrogen-bond donors (Lipinski definition) is 1. The predicted molar refractivity (Wildman–Crippen MR) is 130 cm³/mol. The van der Waals surface area contributed by atoms with Crippen molar-refractivity contribution in [2.45, 2.75) is 27.0 Å². The summed E-state index contributed by atoms with van der Waals surface area (Å²) in [6, 6.07) is 21.6. The van der Waals surface area contributed by atoms with Gasteiger partial charge in [-0.2, -0.15) is 0 Å². The number of amides is 1. The number of fused-ring (bicyclic) bond motifs is 1. The van der Waals surface area contributed by atoms with Crippen molar-refractivity contribution in [1.82, 2.24) is 5.32 Å². The zero-order valence-electron chi connectivity index (χ0n) is 19.1. The van der Waals surface area contributed by atoms with Gasteiger partial charge in [0.25, 0.3) is 0 Å². The molecule has 0 unspecified atom stereocenters. The fourth-order valence-electron chi connectivity index (χ4n) is 3.62. The lowest BCUT2D eigenvalue weighted by Crippen LogP contribution is -2.20. The molecule has 1 heterocycles. The van der Waals surface area contributed by atoms with Gasteiger partial charge >= 0.3 is 0 Å². The van der Waals surface area contributed by atoms with E-state index in [0.717, 1.165) is 44.5 Å². The van der Waals surface area contributed by atoms with Crippen molar-refractivity contribution in [2.75, 3.05) is 7.11 Å². The summed E-state index contributed by atoms with van der Waals surface area (Å²) < 4.78 is 16.9. The zero-order chi connectivity index (χ0) is 23.2. The first-order valence-corrected chi connectivity index (χ1v) is 10.8. The molecule has 0 radical (unpaired) electrons. The van der Waals surface area contributed by atoms with Crippen LogP contribution < -0.4 is 14.8 Å².